The number of hydrogen-bond acceptors (Lipinski definition) is 4. The highest BCUT2D eigenvalue weighted by Gasteiger charge is 2.11. The largest absolute Gasteiger partial charge is 0.379 e. The van der Waals surface area contributed by atoms with E-state index >= 15 is 0 Å². The maximum Gasteiger partial charge on any atom is 0.163 e. The van der Waals surface area contributed by atoms with Crippen LogP contribution in [0.15, 0.2) is 52.3 Å². The van der Waals surface area contributed by atoms with Crippen molar-refractivity contribution in [2.45, 2.75) is 29.0 Å². The highest BCUT2D eigenvalue weighted by molar-refractivity contribution is 8.13. The van der Waals surface area contributed by atoms with Gasteiger partial charge in [-0.25, -0.2) is 0 Å². The summed E-state index contributed by atoms with van der Waals surface area (Å²) in [4.78, 5) is 2.36. The summed E-state index contributed by atoms with van der Waals surface area (Å²) in [6, 6.07) is 14.4. The standard InChI is InChI=1S/C17H20N4S3/c1-11-5-4-7-13(10-23-16(18)19)15(11)24-14-8-3-2-6-12(14)9-21-17(20)22/h2-8H,9-10H2,1H3,(H3,18,19)(H3,20,21,22). The van der Waals surface area contributed by atoms with Crippen LogP contribution in [0.4, 0.5) is 0 Å². The molecule has 0 aliphatic heterocycles. The quantitative estimate of drug-likeness (QED) is 0.350. The number of thioether (sulfide) groups is 1. The molecule has 0 aliphatic carbocycles. The molecule has 0 atom stereocenters. The molecule has 0 fully saturated rings. The lowest BCUT2D eigenvalue weighted by molar-refractivity contribution is 0.897. The highest BCUT2D eigenvalue weighted by Crippen LogP contribution is 2.36. The molecule has 0 aliphatic rings. The van der Waals surface area contributed by atoms with Crippen molar-refractivity contribution in [1.29, 1.82) is 5.41 Å². The zero-order chi connectivity index (χ0) is 17.5. The summed E-state index contributed by atoms with van der Waals surface area (Å²) < 4.78 is 0. The molecule has 24 heavy (non-hydrogen) atoms. The average Bonchev–Trinajstić information content (AvgIpc) is 2.54. The number of nitrogens with one attached hydrogen (secondary N) is 2. The Morgan fingerprint density at radius 1 is 1.12 bits per heavy atom. The Balaban J connectivity index is 2.27. The number of thiocarbonyl (C=S) groups is 1. The Bertz CT molecular complexity index is 746. The summed E-state index contributed by atoms with van der Waals surface area (Å²) in [6.45, 7) is 2.70. The van der Waals surface area contributed by atoms with E-state index in [4.69, 9.17) is 29.1 Å². The summed E-state index contributed by atoms with van der Waals surface area (Å²) in [7, 11) is 0. The van der Waals surface area contributed by atoms with Crippen molar-refractivity contribution in [1.82, 2.24) is 5.32 Å². The van der Waals surface area contributed by atoms with Crippen LogP contribution in [0.3, 0.4) is 0 Å². The van der Waals surface area contributed by atoms with Gasteiger partial charge in [-0.3, -0.25) is 5.41 Å². The Kier molecular flexibility index (Phi) is 6.96. The molecule has 0 heterocycles. The van der Waals surface area contributed by atoms with E-state index in [1.54, 1.807) is 11.8 Å². The second-order valence-electron chi connectivity index (χ2n) is 5.14. The molecule has 2 aromatic rings. The molecule has 0 aromatic heterocycles. The number of benzene rings is 2. The first-order valence-electron chi connectivity index (χ1n) is 7.31. The first kappa shape index (κ1) is 18.6. The normalized spacial score (nSPS) is 10.4. The van der Waals surface area contributed by atoms with Crippen LogP contribution in [0.25, 0.3) is 0 Å². The topological polar surface area (TPSA) is 87.9 Å². The zero-order valence-corrected chi connectivity index (χ0v) is 15.8. The van der Waals surface area contributed by atoms with Gasteiger partial charge in [0, 0.05) is 22.1 Å². The average molecular weight is 377 g/mol. The van der Waals surface area contributed by atoms with Gasteiger partial charge < -0.3 is 16.8 Å². The third-order valence-electron chi connectivity index (χ3n) is 3.31. The molecule has 7 heteroatoms. The van der Waals surface area contributed by atoms with Crippen molar-refractivity contribution in [2.24, 2.45) is 11.5 Å². The van der Waals surface area contributed by atoms with E-state index in [-0.39, 0.29) is 5.17 Å². The van der Waals surface area contributed by atoms with Gasteiger partial charge in [0.1, 0.15) is 0 Å². The molecule has 0 amide bonds. The van der Waals surface area contributed by atoms with Gasteiger partial charge in [-0.1, -0.05) is 59.9 Å². The summed E-state index contributed by atoms with van der Waals surface area (Å²) in [5, 5.41) is 10.9. The lowest BCUT2D eigenvalue weighted by Gasteiger charge is -2.15. The predicted molar refractivity (Wildman–Crippen MR) is 109 cm³/mol. The monoisotopic (exact) mass is 376 g/mol. The molecule has 0 saturated heterocycles. The molecule has 0 radical (unpaired) electrons. The van der Waals surface area contributed by atoms with E-state index in [1.807, 2.05) is 18.2 Å². The number of amidine groups is 1. The third kappa shape index (κ3) is 5.43. The fourth-order valence-corrected chi connectivity index (χ4v) is 4.02. The van der Waals surface area contributed by atoms with Gasteiger partial charge in [-0.15, -0.1) is 0 Å². The molecule has 4 nitrogen and oxygen atoms in total. The highest BCUT2D eigenvalue weighted by atomic mass is 32.2. The van der Waals surface area contributed by atoms with Crippen molar-refractivity contribution in [3.05, 3.63) is 59.2 Å². The van der Waals surface area contributed by atoms with Crippen LogP contribution < -0.4 is 16.8 Å². The van der Waals surface area contributed by atoms with E-state index in [0.717, 1.165) is 10.5 Å². The Morgan fingerprint density at radius 2 is 1.83 bits per heavy atom. The molecular formula is C17H20N4S3. The van der Waals surface area contributed by atoms with Crippen LogP contribution in [0.5, 0.6) is 0 Å². The summed E-state index contributed by atoms with van der Waals surface area (Å²) >= 11 is 7.95. The van der Waals surface area contributed by atoms with Crippen LogP contribution in [-0.2, 0) is 12.3 Å². The van der Waals surface area contributed by atoms with E-state index in [2.05, 4.69) is 36.5 Å². The van der Waals surface area contributed by atoms with Crippen molar-refractivity contribution in [3.63, 3.8) is 0 Å². The summed E-state index contributed by atoms with van der Waals surface area (Å²) in [6.07, 6.45) is 0. The summed E-state index contributed by atoms with van der Waals surface area (Å²) in [5.41, 5.74) is 14.5. The summed E-state index contributed by atoms with van der Waals surface area (Å²) in [5.74, 6) is 0.687. The maximum atomic E-state index is 7.42. The van der Waals surface area contributed by atoms with Crippen LogP contribution in [0.2, 0.25) is 0 Å². The number of aryl methyl sites for hydroxylation is 1. The Hall–Kier alpha value is -1.70. The van der Waals surface area contributed by atoms with E-state index < -0.39 is 0 Å². The minimum atomic E-state index is 0.133. The minimum absolute atomic E-state index is 0.133. The molecule has 2 rings (SSSR count). The lowest BCUT2D eigenvalue weighted by atomic mass is 10.1. The SMILES string of the molecule is Cc1cccc(CSC(=N)N)c1Sc1ccccc1CNC(N)=S. The van der Waals surface area contributed by atoms with E-state index in [0.29, 0.717) is 17.4 Å². The Labute approximate surface area is 156 Å². The fraction of sp³-hybridized carbons (Fsp3) is 0.176. The fourth-order valence-electron chi connectivity index (χ4n) is 2.17. The van der Waals surface area contributed by atoms with E-state index in [9.17, 15) is 0 Å². The van der Waals surface area contributed by atoms with Gasteiger partial charge >= 0.3 is 0 Å². The van der Waals surface area contributed by atoms with Gasteiger partial charge in [0.2, 0.25) is 0 Å². The van der Waals surface area contributed by atoms with Crippen LogP contribution in [0.1, 0.15) is 16.7 Å². The van der Waals surface area contributed by atoms with Crippen molar-refractivity contribution < 1.29 is 0 Å². The number of rotatable bonds is 6. The number of hydrogen-bond donors (Lipinski definition) is 4. The van der Waals surface area contributed by atoms with Crippen LogP contribution in [-0.4, -0.2) is 10.3 Å². The maximum absolute atomic E-state index is 7.42. The second kappa shape index (κ2) is 8.96. The minimum Gasteiger partial charge on any atom is -0.379 e. The van der Waals surface area contributed by atoms with Crippen LogP contribution >= 0.6 is 35.7 Å². The van der Waals surface area contributed by atoms with Crippen molar-refractivity contribution >= 4 is 46.0 Å². The van der Waals surface area contributed by atoms with Crippen molar-refractivity contribution in [3.8, 4) is 0 Å². The molecule has 0 spiro atoms. The first-order valence-corrected chi connectivity index (χ1v) is 9.52. The van der Waals surface area contributed by atoms with Crippen molar-refractivity contribution in [2.75, 3.05) is 0 Å². The second-order valence-corrected chi connectivity index (χ2v) is 7.65. The Morgan fingerprint density at radius 3 is 2.54 bits per heavy atom. The third-order valence-corrected chi connectivity index (χ3v) is 5.63. The molecule has 6 N–H and O–H groups in total. The van der Waals surface area contributed by atoms with Gasteiger partial charge in [-0.05, 0) is 41.9 Å². The lowest BCUT2D eigenvalue weighted by Crippen LogP contribution is -2.28. The molecule has 2 aromatic carbocycles. The van der Waals surface area contributed by atoms with Gasteiger partial charge in [0.05, 0.1) is 0 Å². The first-order chi connectivity index (χ1) is 11.5. The molecule has 0 bridgehead atoms. The zero-order valence-electron chi connectivity index (χ0n) is 13.3. The van der Waals surface area contributed by atoms with Gasteiger partial charge in [0.15, 0.2) is 10.3 Å². The van der Waals surface area contributed by atoms with E-state index in [1.165, 1.54) is 27.8 Å². The number of nitrogens with two attached hydrogens (primary N) is 2. The van der Waals surface area contributed by atoms with Gasteiger partial charge in [-0.2, -0.15) is 0 Å². The predicted octanol–water partition coefficient (Wildman–Crippen LogP) is 3.61. The van der Waals surface area contributed by atoms with Crippen LogP contribution in [0, 0.1) is 12.3 Å². The molecule has 0 unspecified atom stereocenters. The smallest absolute Gasteiger partial charge is 0.163 e. The molecular weight excluding hydrogens is 356 g/mol. The van der Waals surface area contributed by atoms with Gasteiger partial charge in [0.25, 0.3) is 0 Å². The molecule has 0 saturated carbocycles. The molecule has 126 valence electrons.